The van der Waals surface area contributed by atoms with Crippen LogP contribution in [0.1, 0.15) is 19.0 Å². The summed E-state index contributed by atoms with van der Waals surface area (Å²) < 4.78 is 0. The van der Waals surface area contributed by atoms with Crippen LogP contribution in [0.5, 0.6) is 0 Å². The number of amides is 1. The lowest BCUT2D eigenvalue weighted by Crippen LogP contribution is -2.48. The molecule has 0 aliphatic carbocycles. The maximum Gasteiger partial charge on any atom is 0.249 e. The monoisotopic (exact) mass is 238 g/mol. The SMILES string of the molecule is C[C@@H]1Nc2nc(Cl)nc3c2N(CCC3)C1=O. The van der Waals surface area contributed by atoms with Gasteiger partial charge >= 0.3 is 0 Å². The van der Waals surface area contributed by atoms with Crippen LogP contribution in [0.4, 0.5) is 11.5 Å². The van der Waals surface area contributed by atoms with Crippen molar-refractivity contribution in [2.45, 2.75) is 25.8 Å². The number of nitrogens with zero attached hydrogens (tertiary/aromatic N) is 3. The van der Waals surface area contributed by atoms with E-state index >= 15 is 0 Å². The zero-order valence-electron chi connectivity index (χ0n) is 8.83. The minimum Gasteiger partial charge on any atom is -0.357 e. The molecule has 2 aliphatic heterocycles. The molecule has 2 aliphatic rings. The third kappa shape index (κ3) is 1.28. The second kappa shape index (κ2) is 3.31. The highest BCUT2D eigenvalue weighted by molar-refractivity contribution is 6.28. The van der Waals surface area contributed by atoms with Crippen LogP contribution in [-0.2, 0) is 11.2 Å². The summed E-state index contributed by atoms with van der Waals surface area (Å²) in [5.41, 5.74) is 1.69. The molecular weight excluding hydrogens is 228 g/mol. The van der Waals surface area contributed by atoms with Gasteiger partial charge in [0.25, 0.3) is 0 Å². The number of hydrogen-bond acceptors (Lipinski definition) is 4. The van der Waals surface area contributed by atoms with Crippen LogP contribution < -0.4 is 10.2 Å². The number of anilines is 2. The van der Waals surface area contributed by atoms with Gasteiger partial charge in [-0.25, -0.2) is 4.98 Å². The van der Waals surface area contributed by atoms with E-state index in [1.165, 1.54) is 0 Å². The molecule has 3 rings (SSSR count). The molecule has 1 N–H and O–H groups in total. The summed E-state index contributed by atoms with van der Waals surface area (Å²) in [6, 6.07) is -0.246. The van der Waals surface area contributed by atoms with E-state index in [0.29, 0.717) is 5.82 Å². The molecule has 0 unspecified atom stereocenters. The number of hydrogen-bond donors (Lipinski definition) is 1. The molecule has 16 heavy (non-hydrogen) atoms. The lowest BCUT2D eigenvalue weighted by Gasteiger charge is -2.36. The molecule has 1 atom stereocenters. The number of rotatable bonds is 0. The van der Waals surface area contributed by atoms with Crippen molar-refractivity contribution >= 4 is 29.0 Å². The van der Waals surface area contributed by atoms with E-state index in [4.69, 9.17) is 11.6 Å². The highest BCUT2D eigenvalue weighted by Gasteiger charge is 2.35. The topological polar surface area (TPSA) is 58.1 Å². The molecule has 0 spiro atoms. The van der Waals surface area contributed by atoms with Crippen molar-refractivity contribution in [1.29, 1.82) is 0 Å². The van der Waals surface area contributed by atoms with Crippen molar-refractivity contribution in [3.8, 4) is 0 Å². The zero-order chi connectivity index (χ0) is 11.3. The molecule has 1 aromatic rings. The third-order valence-electron chi connectivity index (χ3n) is 2.98. The van der Waals surface area contributed by atoms with Crippen LogP contribution in [0.2, 0.25) is 5.28 Å². The van der Waals surface area contributed by atoms with Gasteiger partial charge in [-0.3, -0.25) is 4.79 Å². The molecule has 0 radical (unpaired) electrons. The standard InChI is InChI=1S/C10H11ClN4O/c1-5-9(16)15-4-2-3-6-7(15)8(12-5)14-10(11)13-6/h5H,2-4H2,1H3,(H,12,13,14)/t5-/m0/s1. The summed E-state index contributed by atoms with van der Waals surface area (Å²) in [7, 11) is 0. The minimum absolute atomic E-state index is 0.0828. The van der Waals surface area contributed by atoms with Gasteiger partial charge in [0, 0.05) is 6.54 Å². The van der Waals surface area contributed by atoms with E-state index in [1.54, 1.807) is 4.90 Å². The number of carbonyl (C=O) groups is 1. The molecule has 6 heteroatoms. The summed E-state index contributed by atoms with van der Waals surface area (Å²) in [4.78, 5) is 22.1. The van der Waals surface area contributed by atoms with Crippen LogP contribution in [0.25, 0.3) is 0 Å². The maximum absolute atomic E-state index is 12.0. The average molecular weight is 239 g/mol. The first-order chi connectivity index (χ1) is 7.66. The first-order valence-corrected chi connectivity index (χ1v) is 5.69. The van der Waals surface area contributed by atoms with Crippen LogP contribution in [0.3, 0.4) is 0 Å². The number of nitrogens with one attached hydrogen (secondary N) is 1. The molecular formula is C10H11ClN4O. The molecule has 84 valence electrons. The van der Waals surface area contributed by atoms with Crippen LogP contribution in [-0.4, -0.2) is 28.5 Å². The normalized spacial score (nSPS) is 22.8. The summed E-state index contributed by atoms with van der Waals surface area (Å²) in [6.07, 6.45) is 1.78. The van der Waals surface area contributed by atoms with Crippen molar-refractivity contribution in [1.82, 2.24) is 9.97 Å². The van der Waals surface area contributed by atoms with E-state index in [2.05, 4.69) is 15.3 Å². The highest BCUT2D eigenvalue weighted by Crippen LogP contribution is 2.36. The zero-order valence-corrected chi connectivity index (χ0v) is 9.58. The van der Waals surface area contributed by atoms with Crippen molar-refractivity contribution in [3.63, 3.8) is 0 Å². The predicted molar refractivity (Wildman–Crippen MR) is 60.8 cm³/mol. The molecule has 0 bridgehead atoms. The van der Waals surface area contributed by atoms with Crippen LogP contribution in [0, 0.1) is 0 Å². The molecule has 0 saturated heterocycles. The highest BCUT2D eigenvalue weighted by atomic mass is 35.5. The number of halogens is 1. The predicted octanol–water partition coefficient (Wildman–Crippen LogP) is 1.22. The molecule has 5 nitrogen and oxygen atoms in total. The Morgan fingerprint density at radius 3 is 3.12 bits per heavy atom. The summed E-state index contributed by atoms with van der Waals surface area (Å²) >= 11 is 5.85. The molecule has 1 aromatic heterocycles. The van der Waals surface area contributed by atoms with E-state index in [1.807, 2.05) is 6.92 Å². The fraction of sp³-hybridized carbons (Fsp3) is 0.500. The summed E-state index contributed by atoms with van der Waals surface area (Å²) in [5.74, 6) is 0.765. The van der Waals surface area contributed by atoms with Gasteiger partial charge in [-0.2, -0.15) is 4.98 Å². The smallest absolute Gasteiger partial charge is 0.249 e. The first kappa shape index (κ1) is 9.84. The Kier molecular flexibility index (Phi) is 2.04. The van der Waals surface area contributed by atoms with Gasteiger partial charge in [-0.15, -0.1) is 0 Å². The second-order valence-electron chi connectivity index (χ2n) is 4.10. The quantitative estimate of drug-likeness (QED) is 0.691. The van der Waals surface area contributed by atoms with Gasteiger partial charge in [0.15, 0.2) is 5.82 Å². The van der Waals surface area contributed by atoms with E-state index in [-0.39, 0.29) is 17.2 Å². The Morgan fingerprint density at radius 1 is 1.50 bits per heavy atom. The number of aryl methyl sites for hydroxylation is 1. The van der Waals surface area contributed by atoms with Crippen molar-refractivity contribution < 1.29 is 4.79 Å². The summed E-state index contributed by atoms with van der Waals surface area (Å²) in [5, 5.41) is 3.30. The molecule has 0 aromatic carbocycles. The van der Waals surface area contributed by atoms with Crippen molar-refractivity contribution in [3.05, 3.63) is 11.0 Å². The van der Waals surface area contributed by atoms with Gasteiger partial charge in [0.1, 0.15) is 11.7 Å². The van der Waals surface area contributed by atoms with Crippen LogP contribution >= 0.6 is 11.6 Å². The van der Waals surface area contributed by atoms with E-state index in [0.717, 1.165) is 30.8 Å². The van der Waals surface area contributed by atoms with Gasteiger partial charge in [-0.05, 0) is 31.4 Å². The van der Waals surface area contributed by atoms with Gasteiger partial charge < -0.3 is 10.2 Å². The molecule has 0 fully saturated rings. The average Bonchev–Trinajstić information content (AvgIpc) is 2.25. The van der Waals surface area contributed by atoms with E-state index < -0.39 is 0 Å². The first-order valence-electron chi connectivity index (χ1n) is 5.31. The largest absolute Gasteiger partial charge is 0.357 e. The fourth-order valence-electron chi connectivity index (χ4n) is 2.27. The Hall–Kier alpha value is -1.36. The Balaban J connectivity index is 2.22. The lowest BCUT2D eigenvalue weighted by molar-refractivity contribution is -0.119. The van der Waals surface area contributed by atoms with E-state index in [9.17, 15) is 4.79 Å². The Bertz CT molecular complexity index is 476. The second-order valence-corrected chi connectivity index (χ2v) is 4.43. The van der Waals surface area contributed by atoms with Gasteiger partial charge in [0.2, 0.25) is 11.2 Å². The van der Waals surface area contributed by atoms with Gasteiger partial charge in [0.05, 0.1) is 5.69 Å². The van der Waals surface area contributed by atoms with Crippen molar-refractivity contribution in [2.24, 2.45) is 0 Å². The summed E-state index contributed by atoms with van der Waals surface area (Å²) in [6.45, 7) is 2.57. The Morgan fingerprint density at radius 2 is 2.31 bits per heavy atom. The fourth-order valence-corrected chi connectivity index (χ4v) is 2.45. The molecule has 3 heterocycles. The molecule has 1 amide bonds. The third-order valence-corrected chi connectivity index (χ3v) is 3.15. The number of aromatic nitrogens is 2. The number of carbonyl (C=O) groups excluding carboxylic acids is 1. The lowest BCUT2D eigenvalue weighted by atomic mass is 10.0. The Labute approximate surface area is 97.8 Å². The molecule has 0 saturated carbocycles. The van der Waals surface area contributed by atoms with Gasteiger partial charge in [-0.1, -0.05) is 0 Å². The maximum atomic E-state index is 12.0. The minimum atomic E-state index is -0.246. The van der Waals surface area contributed by atoms with Crippen LogP contribution in [0.15, 0.2) is 0 Å². The van der Waals surface area contributed by atoms with Crippen molar-refractivity contribution in [2.75, 3.05) is 16.8 Å².